The third kappa shape index (κ3) is 3.83. The minimum Gasteiger partial charge on any atom is -0.452 e. The van der Waals surface area contributed by atoms with Crippen molar-refractivity contribution in [1.82, 2.24) is 9.03 Å². The largest absolute Gasteiger partial charge is 0.452 e. The summed E-state index contributed by atoms with van der Waals surface area (Å²) in [5.74, 6) is 0. The molecule has 1 amide bonds. The summed E-state index contributed by atoms with van der Waals surface area (Å²) < 4.78 is 30.8. The van der Waals surface area contributed by atoms with Gasteiger partial charge in [0.2, 0.25) is 0 Å². The number of anilines is 1. The number of nitrogens with zero attached hydrogens (tertiary/aromatic N) is 1. The van der Waals surface area contributed by atoms with E-state index >= 15 is 0 Å². The minimum atomic E-state index is -3.96. The maximum absolute atomic E-state index is 11.9. The highest BCUT2D eigenvalue weighted by molar-refractivity contribution is 7.87. The van der Waals surface area contributed by atoms with E-state index < -0.39 is 22.3 Å². The maximum Gasteiger partial charge on any atom is 0.421 e. The van der Waals surface area contributed by atoms with Crippen molar-refractivity contribution in [2.75, 3.05) is 19.9 Å². The molecule has 1 rings (SSSR count). The summed E-state index contributed by atoms with van der Waals surface area (Å²) in [5, 5.41) is 0. The highest BCUT2D eigenvalue weighted by atomic mass is 32.2. The van der Waals surface area contributed by atoms with Gasteiger partial charge in [0.05, 0.1) is 7.11 Å². The van der Waals surface area contributed by atoms with Crippen molar-refractivity contribution in [2.45, 2.75) is 13.0 Å². The Morgan fingerprint density at radius 2 is 2.11 bits per heavy atom. The Bertz CT molecular complexity index is 559. The summed E-state index contributed by atoms with van der Waals surface area (Å²) >= 11 is 0. The number of hydrogen-bond donors (Lipinski definition) is 2. The molecule has 106 valence electrons. The Balaban J connectivity index is 2.93. The SMILES string of the molecule is COC(=O)NS(=O)(=O)N(C)C(C)c1cccc(N)c1. The van der Waals surface area contributed by atoms with Gasteiger partial charge in [-0.25, -0.2) is 9.52 Å². The van der Waals surface area contributed by atoms with Crippen LogP contribution in [0, 0.1) is 0 Å². The van der Waals surface area contributed by atoms with E-state index in [1.165, 1.54) is 7.05 Å². The lowest BCUT2D eigenvalue weighted by Crippen LogP contribution is -2.42. The van der Waals surface area contributed by atoms with E-state index in [9.17, 15) is 13.2 Å². The molecule has 0 bridgehead atoms. The molecule has 0 fully saturated rings. The predicted molar refractivity (Wildman–Crippen MR) is 71.5 cm³/mol. The van der Waals surface area contributed by atoms with Crippen molar-refractivity contribution < 1.29 is 17.9 Å². The molecule has 1 aromatic rings. The smallest absolute Gasteiger partial charge is 0.421 e. The second-order valence-electron chi connectivity index (χ2n) is 3.96. The molecular formula is C11H17N3O4S. The van der Waals surface area contributed by atoms with E-state index in [4.69, 9.17) is 5.73 Å². The molecule has 0 saturated heterocycles. The van der Waals surface area contributed by atoms with Crippen LogP contribution in [-0.2, 0) is 14.9 Å². The van der Waals surface area contributed by atoms with Crippen LogP contribution in [0.1, 0.15) is 18.5 Å². The summed E-state index contributed by atoms with van der Waals surface area (Å²) in [7, 11) is -1.51. The number of carbonyl (C=O) groups is 1. The number of benzene rings is 1. The third-order valence-electron chi connectivity index (χ3n) is 2.72. The Morgan fingerprint density at radius 1 is 1.47 bits per heavy atom. The second-order valence-corrected chi connectivity index (χ2v) is 5.69. The van der Waals surface area contributed by atoms with Gasteiger partial charge in [0.1, 0.15) is 0 Å². The van der Waals surface area contributed by atoms with Crippen LogP contribution in [0.25, 0.3) is 0 Å². The van der Waals surface area contributed by atoms with Crippen LogP contribution in [0.4, 0.5) is 10.5 Å². The molecular weight excluding hydrogens is 270 g/mol. The molecule has 0 aliphatic heterocycles. The summed E-state index contributed by atoms with van der Waals surface area (Å²) in [6.07, 6.45) is -1.04. The Hall–Kier alpha value is -1.80. The van der Waals surface area contributed by atoms with Crippen LogP contribution in [0.3, 0.4) is 0 Å². The van der Waals surface area contributed by atoms with Crippen molar-refractivity contribution in [1.29, 1.82) is 0 Å². The number of nitrogens with two attached hydrogens (primary N) is 1. The number of ether oxygens (including phenoxy) is 1. The van der Waals surface area contributed by atoms with E-state index in [0.717, 1.165) is 17.0 Å². The average Bonchev–Trinajstić information content (AvgIpc) is 2.36. The van der Waals surface area contributed by atoms with E-state index in [2.05, 4.69) is 4.74 Å². The predicted octanol–water partition coefficient (Wildman–Crippen LogP) is 0.862. The van der Waals surface area contributed by atoms with Gasteiger partial charge in [-0.05, 0) is 24.6 Å². The Labute approximate surface area is 112 Å². The lowest BCUT2D eigenvalue weighted by Gasteiger charge is -2.24. The zero-order valence-electron chi connectivity index (χ0n) is 11.0. The van der Waals surface area contributed by atoms with Crippen molar-refractivity contribution in [3.63, 3.8) is 0 Å². The molecule has 7 nitrogen and oxygen atoms in total. The zero-order chi connectivity index (χ0) is 14.6. The van der Waals surface area contributed by atoms with E-state index in [-0.39, 0.29) is 0 Å². The van der Waals surface area contributed by atoms with E-state index in [1.807, 2.05) is 0 Å². The highest BCUT2D eigenvalue weighted by Gasteiger charge is 2.26. The number of amides is 1. The number of rotatable bonds is 4. The number of carbonyl (C=O) groups excluding carboxylic acids is 1. The first-order valence-electron chi connectivity index (χ1n) is 5.47. The van der Waals surface area contributed by atoms with Gasteiger partial charge in [-0.2, -0.15) is 12.7 Å². The normalized spacial score (nSPS) is 13.1. The molecule has 19 heavy (non-hydrogen) atoms. The van der Waals surface area contributed by atoms with Crippen molar-refractivity contribution >= 4 is 22.0 Å². The van der Waals surface area contributed by atoms with Crippen molar-refractivity contribution in [3.8, 4) is 0 Å². The molecule has 0 aliphatic rings. The van der Waals surface area contributed by atoms with Gasteiger partial charge in [-0.1, -0.05) is 12.1 Å². The number of hydrogen-bond acceptors (Lipinski definition) is 5. The van der Waals surface area contributed by atoms with Gasteiger partial charge in [0.25, 0.3) is 0 Å². The molecule has 0 aliphatic carbocycles. The summed E-state index contributed by atoms with van der Waals surface area (Å²) in [4.78, 5) is 11.0. The van der Waals surface area contributed by atoms with Gasteiger partial charge in [-0.3, -0.25) is 0 Å². The van der Waals surface area contributed by atoms with Crippen molar-refractivity contribution in [3.05, 3.63) is 29.8 Å². The standard InChI is InChI=1S/C11H17N3O4S/c1-8(9-5-4-6-10(12)7-9)14(2)19(16,17)13-11(15)18-3/h4-8H,12H2,1-3H3,(H,13,15). The fourth-order valence-electron chi connectivity index (χ4n) is 1.46. The first kappa shape index (κ1) is 15.3. The summed E-state index contributed by atoms with van der Waals surface area (Å²) in [5.41, 5.74) is 6.91. The maximum atomic E-state index is 11.9. The lowest BCUT2D eigenvalue weighted by molar-refractivity contribution is 0.177. The topological polar surface area (TPSA) is 102 Å². The fraction of sp³-hybridized carbons (Fsp3) is 0.364. The van der Waals surface area contributed by atoms with Gasteiger partial charge < -0.3 is 10.5 Å². The quantitative estimate of drug-likeness (QED) is 0.800. The minimum absolute atomic E-state index is 0.481. The molecule has 0 heterocycles. The molecule has 1 unspecified atom stereocenters. The van der Waals surface area contributed by atoms with E-state index in [1.54, 1.807) is 35.9 Å². The van der Waals surface area contributed by atoms with Crippen LogP contribution >= 0.6 is 0 Å². The molecule has 3 N–H and O–H groups in total. The van der Waals surface area contributed by atoms with Crippen LogP contribution in [0.15, 0.2) is 24.3 Å². The average molecular weight is 287 g/mol. The molecule has 1 aromatic carbocycles. The highest BCUT2D eigenvalue weighted by Crippen LogP contribution is 2.22. The molecule has 0 spiro atoms. The number of methoxy groups -OCH3 is 1. The van der Waals surface area contributed by atoms with Crippen LogP contribution < -0.4 is 10.5 Å². The first-order valence-corrected chi connectivity index (χ1v) is 6.91. The van der Waals surface area contributed by atoms with Gasteiger partial charge in [0, 0.05) is 18.8 Å². The summed E-state index contributed by atoms with van der Waals surface area (Å²) in [6.45, 7) is 1.69. The monoisotopic (exact) mass is 287 g/mol. The van der Waals surface area contributed by atoms with Crippen LogP contribution in [0.5, 0.6) is 0 Å². The number of nitrogens with one attached hydrogen (secondary N) is 1. The van der Waals surface area contributed by atoms with Gasteiger partial charge >= 0.3 is 16.3 Å². The lowest BCUT2D eigenvalue weighted by atomic mass is 10.1. The molecule has 8 heteroatoms. The van der Waals surface area contributed by atoms with E-state index in [0.29, 0.717) is 5.69 Å². The third-order valence-corrected chi connectivity index (χ3v) is 4.21. The Kier molecular flexibility index (Phi) is 4.73. The zero-order valence-corrected chi connectivity index (χ0v) is 11.8. The van der Waals surface area contributed by atoms with Crippen LogP contribution in [0.2, 0.25) is 0 Å². The molecule has 1 atom stereocenters. The molecule has 0 aromatic heterocycles. The van der Waals surface area contributed by atoms with Crippen molar-refractivity contribution in [2.24, 2.45) is 0 Å². The first-order chi connectivity index (χ1) is 8.77. The van der Waals surface area contributed by atoms with Gasteiger partial charge in [0.15, 0.2) is 0 Å². The van der Waals surface area contributed by atoms with Crippen LogP contribution in [-0.4, -0.2) is 33.0 Å². The summed E-state index contributed by atoms with van der Waals surface area (Å²) in [6, 6.07) is 6.39. The molecule has 0 radical (unpaired) electrons. The van der Waals surface area contributed by atoms with Gasteiger partial charge in [-0.15, -0.1) is 0 Å². The second kappa shape index (κ2) is 5.89. The molecule has 0 saturated carbocycles. The fourth-order valence-corrected chi connectivity index (χ4v) is 2.43. The number of nitrogen functional groups attached to an aromatic ring is 1. The Morgan fingerprint density at radius 3 is 2.63 bits per heavy atom.